The highest BCUT2D eigenvalue weighted by atomic mass is 32.1. The Kier molecular flexibility index (Phi) is 4.52. The molecular formula is C22H14FN3O5S. The van der Waals surface area contributed by atoms with Gasteiger partial charge in [-0.25, -0.2) is 14.2 Å². The number of Topliss-reactive ketones (excluding diaryl/α,β-unsaturated/α-hetero) is 1. The molecule has 160 valence electrons. The van der Waals surface area contributed by atoms with Crippen LogP contribution in [0.3, 0.4) is 0 Å². The number of allylic oxidation sites excluding steroid dienone is 4. The lowest BCUT2D eigenvalue weighted by atomic mass is 9.93. The number of aromatic carboxylic acids is 1. The minimum Gasteiger partial charge on any atom is -0.477 e. The smallest absolute Gasteiger partial charge is 0.353 e. The van der Waals surface area contributed by atoms with E-state index in [4.69, 9.17) is 10.2 Å². The van der Waals surface area contributed by atoms with Gasteiger partial charge in [0.2, 0.25) is 0 Å². The molecule has 1 aromatic carbocycles. The van der Waals surface area contributed by atoms with Gasteiger partial charge in [-0.2, -0.15) is 0 Å². The molecule has 32 heavy (non-hydrogen) atoms. The molecule has 3 heterocycles. The molecule has 0 atom stereocenters. The summed E-state index contributed by atoms with van der Waals surface area (Å²) in [7, 11) is 0. The zero-order valence-corrected chi connectivity index (χ0v) is 17.1. The Labute approximate surface area is 183 Å². The molecule has 5 rings (SSSR count). The third kappa shape index (κ3) is 2.95. The van der Waals surface area contributed by atoms with Crippen molar-refractivity contribution >= 4 is 56.4 Å². The number of primary amides is 1. The Hall–Kier alpha value is -4.05. The summed E-state index contributed by atoms with van der Waals surface area (Å²) in [6.07, 6.45) is 7.75. The molecule has 1 amide bonds. The van der Waals surface area contributed by atoms with Crippen molar-refractivity contribution in [2.75, 3.05) is 0 Å². The van der Waals surface area contributed by atoms with Gasteiger partial charge in [-0.05, 0) is 12.1 Å². The van der Waals surface area contributed by atoms with Gasteiger partial charge in [0.15, 0.2) is 10.8 Å². The fourth-order valence-electron chi connectivity index (χ4n) is 3.97. The number of carbonyl (C=O) groups is 3. The van der Waals surface area contributed by atoms with Crippen LogP contribution in [0.2, 0.25) is 0 Å². The monoisotopic (exact) mass is 451 g/mol. The highest BCUT2D eigenvalue weighted by Crippen LogP contribution is 2.40. The van der Waals surface area contributed by atoms with E-state index in [0.29, 0.717) is 10.3 Å². The maximum absolute atomic E-state index is 14.9. The average Bonchev–Trinajstić information content (AvgIpc) is 3.47. The van der Waals surface area contributed by atoms with Crippen molar-refractivity contribution in [2.45, 2.75) is 13.0 Å². The van der Waals surface area contributed by atoms with Crippen molar-refractivity contribution in [1.29, 1.82) is 0 Å². The fraction of sp³-hybridized carbons (Fsp3) is 0.0909. The van der Waals surface area contributed by atoms with Crippen molar-refractivity contribution < 1.29 is 28.3 Å². The zero-order chi connectivity index (χ0) is 22.6. The summed E-state index contributed by atoms with van der Waals surface area (Å²) >= 11 is 1.01. The number of benzene rings is 1. The van der Waals surface area contributed by atoms with Crippen LogP contribution in [0.25, 0.3) is 27.4 Å². The van der Waals surface area contributed by atoms with Crippen LogP contribution in [0.15, 0.2) is 47.2 Å². The first-order chi connectivity index (χ1) is 15.4. The summed E-state index contributed by atoms with van der Waals surface area (Å²) in [4.78, 5) is 41.1. The molecule has 0 unspecified atom stereocenters. The maximum atomic E-state index is 14.9. The van der Waals surface area contributed by atoms with Crippen molar-refractivity contribution in [3.8, 4) is 0 Å². The van der Waals surface area contributed by atoms with Crippen LogP contribution in [0.4, 0.5) is 4.39 Å². The first kappa shape index (κ1) is 19.9. The van der Waals surface area contributed by atoms with E-state index in [1.54, 1.807) is 18.2 Å². The molecule has 0 aliphatic heterocycles. The lowest BCUT2D eigenvalue weighted by molar-refractivity contribution is -0.113. The van der Waals surface area contributed by atoms with Gasteiger partial charge >= 0.3 is 5.97 Å². The molecule has 3 N–H and O–H groups in total. The van der Waals surface area contributed by atoms with E-state index in [0.717, 1.165) is 11.3 Å². The first-order valence-electron chi connectivity index (χ1n) is 9.47. The zero-order valence-electron chi connectivity index (χ0n) is 16.3. The number of carboxylic acid groups (broad SMARTS) is 1. The summed E-state index contributed by atoms with van der Waals surface area (Å²) < 4.78 is 21.8. The third-order valence-electron chi connectivity index (χ3n) is 5.27. The average molecular weight is 451 g/mol. The third-order valence-corrected chi connectivity index (χ3v) is 6.27. The number of nitrogens with two attached hydrogens (primary N) is 1. The minimum atomic E-state index is -1.29. The molecular weight excluding hydrogens is 437 g/mol. The van der Waals surface area contributed by atoms with Crippen LogP contribution in [0.5, 0.6) is 0 Å². The summed E-state index contributed by atoms with van der Waals surface area (Å²) in [6.45, 7) is -0.0218. The topological polar surface area (TPSA) is 128 Å². The Balaban J connectivity index is 1.87. The largest absolute Gasteiger partial charge is 0.477 e. The summed E-state index contributed by atoms with van der Waals surface area (Å²) in [5.41, 5.74) is 5.86. The summed E-state index contributed by atoms with van der Waals surface area (Å²) in [5.74, 6) is -2.84. The van der Waals surface area contributed by atoms with Gasteiger partial charge in [0.25, 0.3) is 5.91 Å². The van der Waals surface area contributed by atoms with Crippen LogP contribution in [0.1, 0.15) is 37.2 Å². The number of fused-ring (bicyclic) bond motifs is 3. The SMILES string of the molecule is NC(=O)c1ncc(Cn2c(C(=O)O)c(C3=CC=CCC3=O)c3c4occc4c(F)cc32)s1. The fourth-order valence-corrected chi connectivity index (χ4v) is 4.72. The molecule has 1 aliphatic carbocycles. The van der Waals surface area contributed by atoms with Gasteiger partial charge in [0.1, 0.15) is 17.1 Å². The van der Waals surface area contributed by atoms with E-state index in [-0.39, 0.29) is 57.1 Å². The highest BCUT2D eigenvalue weighted by molar-refractivity contribution is 7.13. The van der Waals surface area contributed by atoms with E-state index < -0.39 is 17.7 Å². The lowest BCUT2D eigenvalue weighted by Gasteiger charge is -2.10. The Morgan fingerprint density at radius 2 is 2.19 bits per heavy atom. The van der Waals surface area contributed by atoms with Crippen molar-refractivity contribution in [1.82, 2.24) is 9.55 Å². The van der Waals surface area contributed by atoms with E-state index >= 15 is 0 Å². The molecule has 0 spiro atoms. The number of ketones is 1. The predicted octanol–water partition coefficient (Wildman–Crippen LogP) is 3.74. The van der Waals surface area contributed by atoms with Gasteiger partial charge in [-0.1, -0.05) is 18.2 Å². The van der Waals surface area contributed by atoms with E-state index in [1.165, 1.54) is 29.2 Å². The molecule has 0 fully saturated rings. The normalized spacial score (nSPS) is 13.8. The quantitative estimate of drug-likeness (QED) is 0.476. The van der Waals surface area contributed by atoms with E-state index in [1.807, 2.05) is 0 Å². The number of hydrogen-bond acceptors (Lipinski definition) is 6. The molecule has 0 saturated carbocycles. The van der Waals surface area contributed by atoms with Gasteiger partial charge < -0.3 is 19.8 Å². The van der Waals surface area contributed by atoms with Crippen molar-refractivity contribution in [3.05, 3.63) is 69.8 Å². The summed E-state index contributed by atoms with van der Waals surface area (Å²) in [6, 6.07) is 2.67. The van der Waals surface area contributed by atoms with Gasteiger partial charge in [-0.15, -0.1) is 11.3 Å². The Bertz CT molecular complexity index is 1520. The second-order valence-electron chi connectivity index (χ2n) is 7.16. The van der Waals surface area contributed by atoms with Gasteiger partial charge in [0.05, 0.1) is 29.1 Å². The van der Waals surface area contributed by atoms with Crippen LogP contribution in [0, 0.1) is 5.82 Å². The van der Waals surface area contributed by atoms with E-state index in [9.17, 15) is 23.9 Å². The number of thiazole rings is 1. The number of furan rings is 1. The first-order valence-corrected chi connectivity index (χ1v) is 10.3. The number of hydrogen-bond donors (Lipinski definition) is 2. The van der Waals surface area contributed by atoms with Crippen LogP contribution in [-0.2, 0) is 11.3 Å². The molecule has 4 aromatic rings. The highest BCUT2D eigenvalue weighted by Gasteiger charge is 2.31. The number of amides is 1. The number of rotatable bonds is 5. The Morgan fingerprint density at radius 1 is 1.38 bits per heavy atom. The molecule has 10 heteroatoms. The van der Waals surface area contributed by atoms with Gasteiger partial charge in [0, 0.05) is 28.6 Å². The van der Waals surface area contributed by atoms with Crippen LogP contribution < -0.4 is 5.73 Å². The van der Waals surface area contributed by atoms with Crippen molar-refractivity contribution in [2.24, 2.45) is 5.73 Å². The molecule has 0 saturated heterocycles. The molecule has 3 aromatic heterocycles. The second-order valence-corrected chi connectivity index (χ2v) is 8.28. The maximum Gasteiger partial charge on any atom is 0.353 e. The second kappa shape index (κ2) is 7.27. The lowest BCUT2D eigenvalue weighted by Crippen LogP contribution is -2.13. The number of halogens is 1. The minimum absolute atomic E-state index is 0.0218. The molecule has 8 nitrogen and oxygen atoms in total. The Morgan fingerprint density at radius 3 is 2.88 bits per heavy atom. The number of carbonyl (C=O) groups excluding carboxylic acids is 2. The number of nitrogens with zero attached hydrogens (tertiary/aromatic N) is 2. The van der Waals surface area contributed by atoms with Crippen LogP contribution >= 0.6 is 11.3 Å². The van der Waals surface area contributed by atoms with Crippen LogP contribution in [-0.4, -0.2) is 32.3 Å². The molecule has 0 radical (unpaired) electrons. The standard InChI is InChI=1S/C22H14FN3O5S/c23-13-7-14-17(19-11(13)5-6-31-19)16(12-3-1-2-4-15(12)27)18(22(29)30)26(14)9-10-8-25-21(32-10)20(24)28/h1-3,5-8H,4,9H2,(H2,24,28)(H,29,30). The molecule has 0 bridgehead atoms. The number of carboxylic acids is 1. The summed E-state index contributed by atoms with van der Waals surface area (Å²) in [5, 5.41) is 10.7. The molecule has 1 aliphatic rings. The predicted molar refractivity (Wildman–Crippen MR) is 115 cm³/mol. The number of aromatic nitrogens is 2. The van der Waals surface area contributed by atoms with E-state index in [2.05, 4.69) is 4.98 Å². The van der Waals surface area contributed by atoms with Gasteiger partial charge in [-0.3, -0.25) is 9.59 Å². The van der Waals surface area contributed by atoms with Crippen molar-refractivity contribution in [3.63, 3.8) is 0 Å².